The standard InChI is InChI=1S/C21H25Cl2N3O2/c1-21(2,28-17-7-4-15(22)5-8-17)20(27)24-16-6-9-19(18(23)14-16)26-12-10-25(3)11-13-26/h4-9,14H,10-13H2,1-3H3,(H,24,27). The summed E-state index contributed by atoms with van der Waals surface area (Å²) in [6, 6.07) is 12.5. The van der Waals surface area contributed by atoms with E-state index < -0.39 is 5.60 Å². The van der Waals surface area contributed by atoms with Gasteiger partial charge >= 0.3 is 0 Å². The van der Waals surface area contributed by atoms with Crippen LogP contribution in [0.1, 0.15) is 13.8 Å². The molecule has 0 radical (unpaired) electrons. The fourth-order valence-electron chi connectivity index (χ4n) is 3.01. The Morgan fingerprint density at radius 2 is 1.68 bits per heavy atom. The van der Waals surface area contributed by atoms with Crippen LogP contribution in [0.4, 0.5) is 11.4 Å². The summed E-state index contributed by atoms with van der Waals surface area (Å²) >= 11 is 12.4. The van der Waals surface area contributed by atoms with Crippen molar-refractivity contribution in [1.29, 1.82) is 0 Å². The summed E-state index contributed by atoms with van der Waals surface area (Å²) in [7, 11) is 2.12. The highest BCUT2D eigenvalue weighted by atomic mass is 35.5. The zero-order valence-electron chi connectivity index (χ0n) is 16.3. The second-order valence-electron chi connectivity index (χ2n) is 7.48. The molecule has 3 rings (SSSR count). The third-order valence-electron chi connectivity index (χ3n) is 4.78. The molecule has 0 bridgehead atoms. The first-order chi connectivity index (χ1) is 13.2. The monoisotopic (exact) mass is 421 g/mol. The lowest BCUT2D eigenvalue weighted by atomic mass is 10.1. The first-order valence-corrected chi connectivity index (χ1v) is 9.99. The van der Waals surface area contributed by atoms with E-state index in [2.05, 4.69) is 22.2 Å². The lowest BCUT2D eigenvalue weighted by Gasteiger charge is -2.34. The maximum absolute atomic E-state index is 12.7. The largest absolute Gasteiger partial charge is 0.478 e. The van der Waals surface area contributed by atoms with Gasteiger partial charge in [0, 0.05) is 36.9 Å². The van der Waals surface area contributed by atoms with Crippen LogP contribution >= 0.6 is 23.2 Å². The number of nitrogens with one attached hydrogen (secondary N) is 1. The summed E-state index contributed by atoms with van der Waals surface area (Å²) in [5.41, 5.74) is 0.571. The Bertz CT molecular complexity index is 832. The SMILES string of the molecule is CN1CCN(c2ccc(NC(=O)C(C)(C)Oc3ccc(Cl)cc3)cc2Cl)CC1. The maximum atomic E-state index is 12.7. The molecule has 1 saturated heterocycles. The highest BCUT2D eigenvalue weighted by molar-refractivity contribution is 6.33. The highest BCUT2D eigenvalue weighted by Crippen LogP contribution is 2.30. The number of hydrogen-bond donors (Lipinski definition) is 1. The number of carbonyl (C=O) groups excluding carboxylic acids is 1. The number of nitrogens with zero attached hydrogens (tertiary/aromatic N) is 2. The molecule has 2 aromatic rings. The van der Waals surface area contributed by atoms with Gasteiger partial charge in [-0.2, -0.15) is 0 Å². The molecule has 28 heavy (non-hydrogen) atoms. The molecule has 0 unspecified atom stereocenters. The van der Waals surface area contributed by atoms with Gasteiger partial charge in [0.2, 0.25) is 0 Å². The van der Waals surface area contributed by atoms with E-state index in [4.69, 9.17) is 27.9 Å². The van der Waals surface area contributed by atoms with Gasteiger partial charge in [-0.15, -0.1) is 0 Å². The maximum Gasteiger partial charge on any atom is 0.267 e. The van der Waals surface area contributed by atoms with Gasteiger partial charge in [0.05, 0.1) is 10.7 Å². The summed E-state index contributed by atoms with van der Waals surface area (Å²) in [4.78, 5) is 17.3. The van der Waals surface area contributed by atoms with Gasteiger partial charge in [-0.1, -0.05) is 23.2 Å². The lowest BCUT2D eigenvalue weighted by Crippen LogP contribution is -2.44. The molecule has 2 aromatic carbocycles. The highest BCUT2D eigenvalue weighted by Gasteiger charge is 2.30. The Labute approximate surface area is 176 Å². The van der Waals surface area contributed by atoms with Gasteiger partial charge in [0.1, 0.15) is 5.75 Å². The van der Waals surface area contributed by atoms with Crippen LogP contribution in [0.25, 0.3) is 0 Å². The molecule has 1 heterocycles. The Morgan fingerprint density at radius 1 is 1.04 bits per heavy atom. The minimum Gasteiger partial charge on any atom is -0.478 e. The van der Waals surface area contributed by atoms with Gasteiger partial charge in [0.25, 0.3) is 5.91 Å². The summed E-state index contributed by atoms with van der Waals surface area (Å²) in [6.07, 6.45) is 0. The van der Waals surface area contributed by atoms with Gasteiger partial charge in [-0.25, -0.2) is 0 Å². The van der Waals surface area contributed by atoms with Crippen LogP contribution < -0.4 is 15.0 Å². The summed E-state index contributed by atoms with van der Waals surface area (Å²) < 4.78 is 5.83. The molecule has 0 aliphatic carbocycles. The third kappa shape index (κ3) is 5.10. The lowest BCUT2D eigenvalue weighted by molar-refractivity contribution is -0.128. The number of ether oxygens (including phenoxy) is 1. The van der Waals surface area contributed by atoms with Crippen molar-refractivity contribution >= 4 is 40.5 Å². The molecule has 0 aromatic heterocycles. The Morgan fingerprint density at radius 3 is 2.29 bits per heavy atom. The second-order valence-corrected chi connectivity index (χ2v) is 8.32. The van der Waals surface area contributed by atoms with E-state index in [1.54, 1.807) is 44.2 Å². The molecular formula is C21H25Cl2N3O2. The summed E-state index contributed by atoms with van der Waals surface area (Å²) in [6.45, 7) is 7.32. The van der Waals surface area contributed by atoms with Crippen LogP contribution in [0.15, 0.2) is 42.5 Å². The van der Waals surface area contributed by atoms with Gasteiger partial charge in [0.15, 0.2) is 5.60 Å². The number of carbonyl (C=O) groups is 1. The quantitative estimate of drug-likeness (QED) is 0.769. The van der Waals surface area contributed by atoms with Crippen molar-refractivity contribution in [3.8, 4) is 5.75 Å². The number of rotatable bonds is 5. The summed E-state index contributed by atoms with van der Waals surface area (Å²) in [5.74, 6) is 0.318. The molecule has 1 aliphatic rings. The predicted octanol–water partition coefficient (Wildman–Crippen LogP) is 4.54. The number of benzene rings is 2. The molecular weight excluding hydrogens is 397 g/mol. The number of halogens is 2. The number of piperazine rings is 1. The number of amides is 1. The molecule has 1 amide bonds. The molecule has 5 nitrogen and oxygen atoms in total. The molecule has 1 N–H and O–H groups in total. The van der Waals surface area contributed by atoms with Crippen molar-refractivity contribution in [3.63, 3.8) is 0 Å². The van der Waals surface area contributed by atoms with E-state index in [0.29, 0.717) is 21.5 Å². The fourth-order valence-corrected chi connectivity index (χ4v) is 3.44. The van der Waals surface area contributed by atoms with Crippen LogP contribution in [0.3, 0.4) is 0 Å². The molecule has 7 heteroatoms. The van der Waals surface area contributed by atoms with Crippen LogP contribution in [-0.4, -0.2) is 49.6 Å². The van der Waals surface area contributed by atoms with Crippen molar-refractivity contribution < 1.29 is 9.53 Å². The van der Waals surface area contributed by atoms with Gasteiger partial charge in [-0.05, 0) is 63.4 Å². The molecule has 0 atom stereocenters. The normalized spacial score (nSPS) is 15.4. The first-order valence-electron chi connectivity index (χ1n) is 9.24. The zero-order valence-corrected chi connectivity index (χ0v) is 17.8. The average Bonchev–Trinajstić information content (AvgIpc) is 2.64. The van der Waals surface area contributed by atoms with Crippen LogP contribution in [0, 0.1) is 0 Å². The Balaban J connectivity index is 1.66. The number of hydrogen-bond acceptors (Lipinski definition) is 4. The third-order valence-corrected chi connectivity index (χ3v) is 5.34. The van der Waals surface area contributed by atoms with Gasteiger partial charge in [-0.3, -0.25) is 4.79 Å². The number of likely N-dealkylation sites (N-methyl/N-ethyl adjacent to an activating group) is 1. The van der Waals surface area contributed by atoms with E-state index in [1.807, 2.05) is 12.1 Å². The molecule has 0 spiro atoms. The van der Waals surface area contributed by atoms with Crippen molar-refractivity contribution in [1.82, 2.24) is 4.90 Å². The molecule has 150 valence electrons. The zero-order chi connectivity index (χ0) is 20.3. The van der Waals surface area contributed by atoms with Crippen molar-refractivity contribution in [2.24, 2.45) is 0 Å². The van der Waals surface area contributed by atoms with E-state index in [1.165, 1.54) is 0 Å². The van der Waals surface area contributed by atoms with E-state index in [9.17, 15) is 4.79 Å². The molecule has 1 fully saturated rings. The van der Waals surface area contributed by atoms with Crippen LogP contribution in [-0.2, 0) is 4.79 Å². The van der Waals surface area contributed by atoms with Crippen LogP contribution in [0.2, 0.25) is 10.0 Å². The molecule has 0 saturated carbocycles. The minimum absolute atomic E-state index is 0.258. The fraction of sp³-hybridized carbons (Fsp3) is 0.381. The number of anilines is 2. The van der Waals surface area contributed by atoms with Crippen molar-refractivity contribution in [2.75, 3.05) is 43.4 Å². The Hall–Kier alpha value is -1.95. The van der Waals surface area contributed by atoms with Crippen molar-refractivity contribution in [2.45, 2.75) is 19.4 Å². The first kappa shape index (κ1) is 20.8. The summed E-state index contributed by atoms with van der Waals surface area (Å²) in [5, 5.41) is 4.13. The van der Waals surface area contributed by atoms with Crippen molar-refractivity contribution in [3.05, 3.63) is 52.5 Å². The predicted molar refractivity (Wildman–Crippen MR) is 116 cm³/mol. The average molecular weight is 422 g/mol. The minimum atomic E-state index is -1.06. The topological polar surface area (TPSA) is 44.8 Å². The van der Waals surface area contributed by atoms with E-state index in [0.717, 1.165) is 31.9 Å². The Kier molecular flexibility index (Phi) is 6.38. The van der Waals surface area contributed by atoms with Gasteiger partial charge < -0.3 is 19.9 Å². The van der Waals surface area contributed by atoms with E-state index in [-0.39, 0.29) is 5.91 Å². The van der Waals surface area contributed by atoms with E-state index >= 15 is 0 Å². The smallest absolute Gasteiger partial charge is 0.267 e. The van der Waals surface area contributed by atoms with Crippen LogP contribution in [0.5, 0.6) is 5.75 Å². The second kappa shape index (κ2) is 8.60. The molecule has 1 aliphatic heterocycles.